The van der Waals surface area contributed by atoms with Gasteiger partial charge in [0.1, 0.15) is 18.1 Å². The number of halogens is 1. The highest BCUT2D eigenvalue weighted by Crippen LogP contribution is 2.30. The number of hydrogen-bond acceptors (Lipinski definition) is 4. The summed E-state index contributed by atoms with van der Waals surface area (Å²) in [6, 6.07) is 25.0. The van der Waals surface area contributed by atoms with Crippen molar-refractivity contribution in [2.75, 3.05) is 7.11 Å². The van der Waals surface area contributed by atoms with E-state index in [1.165, 1.54) is 13.2 Å². The van der Waals surface area contributed by atoms with Crippen molar-refractivity contribution in [2.24, 2.45) is 0 Å². The molecule has 0 aromatic heterocycles. The van der Waals surface area contributed by atoms with Gasteiger partial charge in [-0.2, -0.15) is 0 Å². The molecule has 1 saturated heterocycles. The van der Waals surface area contributed by atoms with Gasteiger partial charge in [0.25, 0.3) is 5.91 Å². The third-order valence-corrected chi connectivity index (χ3v) is 5.96. The van der Waals surface area contributed by atoms with Crippen LogP contribution in [0.25, 0.3) is 16.8 Å². The molecular weight excluding hydrogens is 459 g/mol. The highest BCUT2D eigenvalue weighted by molar-refractivity contribution is 6.13. The monoisotopic (exact) mass is 482 g/mol. The summed E-state index contributed by atoms with van der Waals surface area (Å²) in [5.41, 5.74) is 2.03. The Hall–Kier alpha value is -4.65. The summed E-state index contributed by atoms with van der Waals surface area (Å²) in [7, 11) is 1.54. The van der Waals surface area contributed by atoms with E-state index in [-0.39, 0.29) is 17.8 Å². The van der Waals surface area contributed by atoms with Crippen LogP contribution in [-0.2, 0) is 17.9 Å². The Labute approximate surface area is 207 Å². The lowest BCUT2D eigenvalue weighted by atomic mass is 10.1. The van der Waals surface area contributed by atoms with Gasteiger partial charge in [-0.15, -0.1) is 0 Å². The summed E-state index contributed by atoms with van der Waals surface area (Å²) < 4.78 is 25.5. The molecule has 3 amide bonds. The number of hydrogen-bond donors (Lipinski definition) is 1. The number of ether oxygens (including phenoxy) is 2. The number of urea groups is 1. The van der Waals surface area contributed by atoms with E-state index >= 15 is 0 Å². The molecule has 1 heterocycles. The van der Waals surface area contributed by atoms with E-state index in [4.69, 9.17) is 9.47 Å². The second-order valence-electron chi connectivity index (χ2n) is 8.35. The van der Waals surface area contributed by atoms with Crippen LogP contribution >= 0.6 is 0 Å². The number of fused-ring (bicyclic) bond motifs is 1. The number of methoxy groups -OCH3 is 1. The van der Waals surface area contributed by atoms with Crippen LogP contribution < -0.4 is 14.8 Å². The fourth-order valence-corrected chi connectivity index (χ4v) is 4.06. The molecule has 0 radical (unpaired) electrons. The molecular formula is C29H23FN2O4. The van der Waals surface area contributed by atoms with Crippen molar-refractivity contribution in [2.45, 2.75) is 13.2 Å². The predicted molar refractivity (Wildman–Crippen MR) is 135 cm³/mol. The second-order valence-corrected chi connectivity index (χ2v) is 8.35. The van der Waals surface area contributed by atoms with Gasteiger partial charge in [-0.3, -0.25) is 9.69 Å². The topological polar surface area (TPSA) is 67.9 Å². The van der Waals surface area contributed by atoms with Crippen LogP contribution in [0, 0.1) is 5.82 Å². The maximum Gasteiger partial charge on any atom is 0.329 e. The third-order valence-electron chi connectivity index (χ3n) is 5.96. The number of benzene rings is 4. The first-order valence-corrected chi connectivity index (χ1v) is 11.4. The highest BCUT2D eigenvalue weighted by Gasteiger charge is 2.34. The molecule has 36 heavy (non-hydrogen) atoms. The van der Waals surface area contributed by atoms with E-state index in [0.29, 0.717) is 23.7 Å². The zero-order chi connectivity index (χ0) is 25.1. The maximum atomic E-state index is 14.0. The molecule has 0 spiro atoms. The molecule has 1 aliphatic rings. The van der Waals surface area contributed by atoms with Gasteiger partial charge in [0.05, 0.1) is 13.7 Å². The number of nitrogens with zero attached hydrogens (tertiary/aromatic N) is 1. The van der Waals surface area contributed by atoms with Gasteiger partial charge in [-0.1, -0.05) is 60.7 Å². The van der Waals surface area contributed by atoms with Crippen molar-refractivity contribution in [1.82, 2.24) is 10.2 Å². The van der Waals surface area contributed by atoms with E-state index in [1.54, 1.807) is 42.5 Å². The number of nitrogens with one attached hydrogen (secondary N) is 1. The molecule has 0 aliphatic carbocycles. The average molecular weight is 483 g/mol. The van der Waals surface area contributed by atoms with E-state index < -0.39 is 17.8 Å². The van der Waals surface area contributed by atoms with Crippen molar-refractivity contribution >= 4 is 28.8 Å². The first-order valence-electron chi connectivity index (χ1n) is 11.4. The number of carbonyl (C=O) groups excluding carboxylic acids is 2. The zero-order valence-electron chi connectivity index (χ0n) is 19.5. The van der Waals surface area contributed by atoms with Crippen LogP contribution in [0.1, 0.15) is 16.7 Å². The predicted octanol–water partition coefficient (Wildman–Crippen LogP) is 5.66. The van der Waals surface area contributed by atoms with Gasteiger partial charge in [0, 0.05) is 5.56 Å². The molecule has 0 unspecified atom stereocenters. The summed E-state index contributed by atoms with van der Waals surface area (Å²) in [5.74, 6) is 0.0410. The minimum atomic E-state index is -0.600. The minimum Gasteiger partial charge on any atom is -0.493 e. The molecule has 1 N–H and O–H groups in total. The van der Waals surface area contributed by atoms with E-state index in [0.717, 1.165) is 21.2 Å². The first kappa shape index (κ1) is 23.1. The van der Waals surface area contributed by atoms with Gasteiger partial charge in [-0.05, 0) is 52.2 Å². The Morgan fingerprint density at radius 1 is 0.889 bits per heavy atom. The Balaban J connectivity index is 1.30. The minimum absolute atomic E-state index is 0.100. The number of amides is 3. The normalized spacial score (nSPS) is 14.4. The van der Waals surface area contributed by atoms with Gasteiger partial charge >= 0.3 is 6.03 Å². The Morgan fingerprint density at radius 2 is 1.67 bits per heavy atom. The highest BCUT2D eigenvalue weighted by atomic mass is 19.1. The Morgan fingerprint density at radius 3 is 2.47 bits per heavy atom. The fourth-order valence-electron chi connectivity index (χ4n) is 4.06. The molecule has 5 rings (SSSR count). The zero-order valence-corrected chi connectivity index (χ0v) is 19.5. The molecule has 0 atom stereocenters. The molecule has 1 aliphatic heterocycles. The van der Waals surface area contributed by atoms with Crippen LogP contribution in [-0.4, -0.2) is 23.9 Å². The lowest BCUT2D eigenvalue weighted by Crippen LogP contribution is -2.30. The van der Waals surface area contributed by atoms with Gasteiger partial charge < -0.3 is 14.8 Å². The average Bonchev–Trinajstić information content (AvgIpc) is 3.16. The van der Waals surface area contributed by atoms with E-state index in [1.807, 2.05) is 18.2 Å². The van der Waals surface area contributed by atoms with Crippen molar-refractivity contribution in [1.29, 1.82) is 0 Å². The molecule has 1 fully saturated rings. The van der Waals surface area contributed by atoms with Crippen molar-refractivity contribution < 1.29 is 23.5 Å². The molecule has 4 aromatic rings. The number of rotatable bonds is 7. The number of imide groups is 1. The quantitative estimate of drug-likeness (QED) is 0.273. The van der Waals surface area contributed by atoms with Gasteiger partial charge in [0.2, 0.25) is 0 Å². The summed E-state index contributed by atoms with van der Waals surface area (Å²) >= 11 is 0. The molecule has 0 bridgehead atoms. The van der Waals surface area contributed by atoms with Crippen LogP contribution in [0.3, 0.4) is 0 Å². The van der Waals surface area contributed by atoms with Crippen molar-refractivity contribution in [3.05, 3.63) is 113 Å². The Kier molecular flexibility index (Phi) is 6.36. The van der Waals surface area contributed by atoms with Crippen molar-refractivity contribution in [3.8, 4) is 11.5 Å². The molecule has 180 valence electrons. The SMILES string of the molecule is COc1cc(/C=C2/NC(=O)N(Cc3ccccc3F)C2=O)ccc1OCc1ccc2ccccc2c1. The van der Waals surface area contributed by atoms with E-state index in [9.17, 15) is 14.0 Å². The van der Waals surface area contributed by atoms with Crippen molar-refractivity contribution in [3.63, 3.8) is 0 Å². The van der Waals surface area contributed by atoms with Gasteiger partial charge in [0.15, 0.2) is 11.5 Å². The largest absolute Gasteiger partial charge is 0.493 e. The van der Waals surface area contributed by atoms with E-state index in [2.05, 4.69) is 29.6 Å². The summed E-state index contributed by atoms with van der Waals surface area (Å²) in [5, 5.41) is 4.86. The summed E-state index contributed by atoms with van der Waals surface area (Å²) in [6.45, 7) is 0.209. The summed E-state index contributed by atoms with van der Waals surface area (Å²) in [4.78, 5) is 26.1. The lowest BCUT2D eigenvalue weighted by Gasteiger charge is -2.12. The summed E-state index contributed by atoms with van der Waals surface area (Å²) in [6.07, 6.45) is 1.55. The fraction of sp³-hybridized carbons (Fsp3) is 0.103. The first-order chi connectivity index (χ1) is 17.5. The molecule has 4 aromatic carbocycles. The van der Waals surface area contributed by atoms with Crippen LogP contribution in [0.4, 0.5) is 9.18 Å². The van der Waals surface area contributed by atoms with Crippen LogP contribution in [0.15, 0.2) is 90.6 Å². The lowest BCUT2D eigenvalue weighted by molar-refractivity contribution is -0.123. The maximum absolute atomic E-state index is 14.0. The third kappa shape index (κ3) is 4.77. The van der Waals surface area contributed by atoms with Crippen LogP contribution in [0.5, 0.6) is 11.5 Å². The Bertz CT molecular complexity index is 1500. The smallest absolute Gasteiger partial charge is 0.329 e. The second kappa shape index (κ2) is 9.92. The van der Waals surface area contributed by atoms with Gasteiger partial charge in [-0.25, -0.2) is 9.18 Å². The number of carbonyl (C=O) groups is 2. The standard InChI is InChI=1S/C29H23FN2O4/c1-35-27-16-19(11-13-26(27)36-18-20-10-12-21-6-2-3-7-22(21)14-20)15-25-28(33)32(29(34)31-25)17-23-8-4-5-9-24(23)30/h2-16H,17-18H2,1H3,(H,31,34)/b25-15+. The molecule has 6 nitrogen and oxygen atoms in total. The molecule has 7 heteroatoms. The van der Waals surface area contributed by atoms with Crippen LogP contribution in [0.2, 0.25) is 0 Å². The molecule has 0 saturated carbocycles.